The molecule has 4 aromatic rings. The third kappa shape index (κ3) is 5.17. The van der Waals surface area contributed by atoms with Gasteiger partial charge in [-0.15, -0.1) is 5.10 Å². The number of hydrogen-bond acceptors (Lipinski definition) is 7. The first-order chi connectivity index (χ1) is 17.7. The predicted molar refractivity (Wildman–Crippen MR) is 137 cm³/mol. The lowest BCUT2D eigenvalue weighted by molar-refractivity contribution is 0.0907. The van der Waals surface area contributed by atoms with Gasteiger partial charge in [0.1, 0.15) is 11.8 Å². The predicted octanol–water partition coefficient (Wildman–Crippen LogP) is 3.70. The van der Waals surface area contributed by atoms with Gasteiger partial charge in [-0.1, -0.05) is 37.3 Å². The average Bonchev–Trinajstić information content (AvgIpc) is 3.58. The van der Waals surface area contributed by atoms with Gasteiger partial charge in [-0.3, -0.25) is 9.69 Å². The monoisotopic (exact) mass is 488 g/mol. The third-order valence-electron chi connectivity index (χ3n) is 6.65. The van der Waals surface area contributed by atoms with Crippen LogP contribution in [0.2, 0.25) is 0 Å². The number of aromatic nitrogens is 5. The number of ether oxygens (including phenoxy) is 2. The van der Waals surface area contributed by atoms with Gasteiger partial charge in [-0.05, 0) is 66.6 Å². The molecule has 1 N–H and O–H groups in total. The quantitative estimate of drug-likeness (QED) is 0.363. The molecule has 1 aliphatic rings. The van der Waals surface area contributed by atoms with Crippen molar-refractivity contribution in [2.45, 2.75) is 51.9 Å². The van der Waals surface area contributed by atoms with Crippen LogP contribution in [0, 0.1) is 0 Å². The average molecular weight is 489 g/mol. The Morgan fingerprint density at radius 1 is 1.19 bits per heavy atom. The summed E-state index contributed by atoms with van der Waals surface area (Å²) in [6.07, 6.45) is 2.08. The van der Waals surface area contributed by atoms with Crippen LogP contribution >= 0.6 is 0 Å². The molecule has 188 valence electrons. The van der Waals surface area contributed by atoms with Crippen LogP contribution in [0.25, 0.3) is 10.9 Å². The molecule has 0 spiro atoms. The molecule has 1 aliphatic heterocycles. The van der Waals surface area contributed by atoms with E-state index in [-0.39, 0.29) is 11.7 Å². The Balaban J connectivity index is 1.61. The van der Waals surface area contributed by atoms with Gasteiger partial charge in [0.15, 0.2) is 5.82 Å². The molecule has 0 unspecified atom stereocenters. The highest BCUT2D eigenvalue weighted by atomic mass is 16.5. The van der Waals surface area contributed by atoms with Crippen molar-refractivity contribution in [3.63, 3.8) is 0 Å². The highest BCUT2D eigenvalue weighted by Crippen LogP contribution is 2.29. The van der Waals surface area contributed by atoms with E-state index in [1.165, 1.54) is 0 Å². The molecule has 0 saturated carbocycles. The summed E-state index contributed by atoms with van der Waals surface area (Å²) in [7, 11) is 0. The first-order valence-electron chi connectivity index (χ1n) is 12.6. The molecule has 2 aromatic heterocycles. The first-order valence-corrected chi connectivity index (χ1v) is 12.6. The first kappa shape index (κ1) is 24.1. The van der Waals surface area contributed by atoms with E-state index in [1.54, 1.807) is 4.68 Å². The number of benzene rings is 2. The molecule has 1 fully saturated rings. The number of pyridine rings is 1. The minimum atomic E-state index is -0.449. The van der Waals surface area contributed by atoms with Crippen LogP contribution in [0.3, 0.4) is 0 Å². The highest BCUT2D eigenvalue weighted by molar-refractivity contribution is 5.80. The zero-order valence-corrected chi connectivity index (χ0v) is 20.8. The SMILES string of the molecule is CCOc1ccc2[nH]c(=O)c([C@@H](c3nnnn3C[C@@H]3CCCO3)N(CC)Cc3ccccc3)cc2c1. The van der Waals surface area contributed by atoms with Gasteiger partial charge in [0.2, 0.25) is 0 Å². The van der Waals surface area contributed by atoms with Crippen molar-refractivity contribution in [3.05, 3.63) is 81.9 Å². The Morgan fingerprint density at radius 3 is 2.81 bits per heavy atom. The number of aromatic amines is 1. The zero-order valence-electron chi connectivity index (χ0n) is 20.8. The van der Waals surface area contributed by atoms with Crippen molar-refractivity contribution in [1.82, 2.24) is 30.1 Å². The van der Waals surface area contributed by atoms with Crippen molar-refractivity contribution in [1.29, 1.82) is 0 Å². The normalized spacial score (nSPS) is 16.6. The van der Waals surface area contributed by atoms with Crippen LogP contribution < -0.4 is 10.3 Å². The minimum Gasteiger partial charge on any atom is -0.494 e. The van der Waals surface area contributed by atoms with E-state index in [1.807, 2.05) is 49.4 Å². The van der Waals surface area contributed by atoms with E-state index in [0.29, 0.717) is 37.6 Å². The highest BCUT2D eigenvalue weighted by Gasteiger charge is 2.31. The molecule has 0 amide bonds. The fraction of sp³-hybridized carbons (Fsp3) is 0.407. The summed E-state index contributed by atoms with van der Waals surface area (Å²) in [6.45, 7) is 7.27. The Bertz CT molecular complexity index is 1350. The number of hydrogen-bond donors (Lipinski definition) is 1. The minimum absolute atomic E-state index is 0.0701. The van der Waals surface area contributed by atoms with Crippen LogP contribution in [0.4, 0.5) is 0 Å². The molecule has 0 radical (unpaired) electrons. The summed E-state index contributed by atoms with van der Waals surface area (Å²) < 4.78 is 13.4. The summed E-state index contributed by atoms with van der Waals surface area (Å²) in [6, 6.07) is 17.4. The van der Waals surface area contributed by atoms with Gasteiger partial charge in [0, 0.05) is 29.6 Å². The largest absolute Gasteiger partial charge is 0.494 e. The number of rotatable bonds is 10. The molecule has 0 bridgehead atoms. The second kappa shape index (κ2) is 11.0. The van der Waals surface area contributed by atoms with Crippen LogP contribution in [0.15, 0.2) is 59.4 Å². The number of tetrazole rings is 1. The van der Waals surface area contributed by atoms with Crippen LogP contribution in [-0.2, 0) is 17.8 Å². The van der Waals surface area contributed by atoms with E-state index in [4.69, 9.17) is 9.47 Å². The second-order valence-electron chi connectivity index (χ2n) is 9.04. The van der Waals surface area contributed by atoms with Crippen molar-refractivity contribution in [3.8, 4) is 5.75 Å². The van der Waals surface area contributed by atoms with Crippen molar-refractivity contribution < 1.29 is 9.47 Å². The number of nitrogens with one attached hydrogen (secondary N) is 1. The lowest BCUT2D eigenvalue weighted by Crippen LogP contribution is -2.35. The third-order valence-corrected chi connectivity index (χ3v) is 6.65. The summed E-state index contributed by atoms with van der Waals surface area (Å²) in [5.74, 6) is 1.40. The van der Waals surface area contributed by atoms with Crippen LogP contribution in [0.1, 0.15) is 49.7 Å². The number of fused-ring (bicyclic) bond motifs is 1. The molecule has 1 saturated heterocycles. The lowest BCUT2D eigenvalue weighted by Gasteiger charge is -2.30. The maximum absolute atomic E-state index is 13.5. The van der Waals surface area contributed by atoms with E-state index < -0.39 is 6.04 Å². The van der Waals surface area contributed by atoms with Crippen molar-refractivity contribution in [2.24, 2.45) is 0 Å². The van der Waals surface area contributed by atoms with Crippen molar-refractivity contribution >= 4 is 10.9 Å². The molecule has 9 heteroatoms. The summed E-state index contributed by atoms with van der Waals surface area (Å²) >= 11 is 0. The van der Waals surface area contributed by atoms with E-state index in [2.05, 4.69) is 44.5 Å². The van der Waals surface area contributed by atoms with Gasteiger partial charge in [-0.25, -0.2) is 4.68 Å². The van der Waals surface area contributed by atoms with Gasteiger partial charge in [-0.2, -0.15) is 0 Å². The fourth-order valence-electron chi connectivity index (χ4n) is 4.88. The van der Waals surface area contributed by atoms with E-state index >= 15 is 0 Å². The molecule has 9 nitrogen and oxygen atoms in total. The van der Waals surface area contributed by atoms with Gasteiger partial charge >= 0.3 is 0 Å². The molecule has 36 heavy (non-hydrogen) atoms. The van der Waals surface area contributed by atoms with E-state index in [9.17, 15) is 4.79 Å². The number of nitrogens with zero attached hydrogens (tertiary/aromatic N) is 5. The molecule has 2 aromatic carbocycles. The molecule has 5 rings (SSSR count). The lowest BCUT2D eigenvalue weighted by atomic mass is 10.0. The smallest absolute Gasteiger partial charge is 0.253 e. The number of H-pyrrole nitrogens is 1. The molecule has 3 heterocycles. The summed E-state index contributed by atoms with van der Waals surface area (Å²) in [5, 5.41) is 13.6. The molecule has 0 aliphatic carbocycles. The Labute approximate surface area is 210 Å². The Morgan fingerprint density at radius 2 is 2.06 bits per heavy atom. The summed E-state index contributed by atoms with van der Waals surface area (Å²) in [5.41, 5.74) is 2.35. The van der Waals surface area contributed by atoms with Crippen LogP contribution in [0.5, 0.6) is 5.75 Å². The van der Waals surface area contributed by atoms with Gasteiger partial charge in [0.25, 0.3) is 5.56 Å². The maximum Gasteiger partial charge on any atom is 0.253 e. The topological polar surface area (TPSA) is 98.2 Å². The molecular weight excluding hydrogens is 456 g/mol. The van der Waals surface area contributed by atoms with Crippen molar-refractivity contribution in [2.75, 3.05) is 19.8 Å². The Kier molecular flexibility index (Phi) is 7.39. The van der Waals surface area contributed by atoms with Gasteiger partial charge in [0.05, 0.1) is 19.3 Å². The molecule has 2 atom stereocenters. The van der Waals surface area contributed by atoms with Crippen LogP contribution in [-0.4, -0.2) is 56.0 Å². The standard InChI is InChI=1S/C27H32N6O3/c1-3-32(17-19-9-6-5-7-10-19)25(26-29-30-31-33(26)18-22-11-8-14-36-22)23-16-20-15-21(35-4-2)12-13-24(20)28-27(23)34/h5-7,9-10,12-13,15-16,22,25H,3-4,8,11,14,17-18H2,1-2H3,(H,28,34)/t22-,25-/m0/s1. The second-order valence-corrected chi connectivity index (χ2v) is 9.04. The zero-order chi connectivity index (χ0) is 24.9. The fourth-order valence-corrected chi connectivity index (χ4v) is 4.88. The van der Waals surface area contributed by atoms with E-state index in [0.717, 1.165) is 41.7 Å². The summed E-state index contributed by atoms with van der Waals surface area (Å²) in [4.78, 5) is 18.8. The maximum atomic E-state index is 13.5. The Hall–Kier alpha value is -3.56. The molecular formula is C27H32N6O3. The van der Waals surface area contributed by atoms with Gasteiger partial charge < -0.3 is 14.5 Å².